The average Bonchev–Trinajstić information content (AvgIpc) is 3.24. The van der Waals surface area contributed by atoms with Gasteiger partial charge in [-0.05, 0) is 37.7 Å². The SMILES string of the molecule is CC1CCCN(c2cc(NC3CCCCC3)c3c4c(onc24)-c2ccccc2C3=O)C1. The predicted octanol–water partition coefficient (Wildman–Crippen LogP) is 6.02. The lowest BCUT2D eigenvalue weighted by atomic mass is 9.85. The highest BCUT2D eigenvalue weighted by Gasteiger charge is 2.34. The summed E-state index contributed by atoms with van der Waals surface area (Å²) >= 11 is 0. The molecule has 1 saturated heterocycles. The zero-order chi connectivity index (χ0) is 20.9. The van der Waals surface area contributed by atoms with Crippen molar-refractivity contribution in [3.8, 4) is 11.3 Å². The first kappa shape index (κ1) is 18.9. The summed E-state index contributed by atoms with van der Waals surface area (Å²) in [7, 11) is 0. The fraction of sp³-hybridized carbons (Fsp3) is 0.462. The summed E-state index contributed by atoms with van der Waals surface area (Å²) < 4.78 is 5.92. The lowest BCUT2D eigenvalue weighted by Crippen LogP contribution is -2.34. The Bertz CT molecular complexity index is 1160. The van der Waals surface area contributed by atoms with Gasteiger partial charge in [0.1, 0.15) is 5.52 Å². The van der Waals surface area contributed by atoms with Crippen LogP contribution in [-0.4, -0.2) is 30.1 Å². The molecule has 5 nitrogen and oxygen atoms in total. The summed E-state index contributed by atoms with van der Waals surface area (Å²) in [5, 5.41) is 9.18. The second-order valence-corrected chi connectivity index (χ2v) is 9.60. The molecular weight excluding hydrogens is 386 g/mol. The fourth-order valence-electron chi connectivity index (χ4n) is 5.77. The largest absolute Gasteiger partial charge is 0.382 e. The minimum absolute atomic E-state index is 0.0770. The van der Waals surface area contributed by atoms with E-state index in [1.165, 1.54) is 32.1 Å². The molecule has 3 aromatic rings. The Kier molecular flexibility index (Phi) is 4.51. The van der Waals surface area contributed by atoms with E-state index in [0.29, 0.717) is 17.5 Å². The van der Waals surface area contributed by atoms with E-state index in [1.807, 2.05) is 24.3 Å². The Morgan fingerprint density at radius 3 is 2.68 bits per heavy atom. The van der Waals surface area contributed by atoms with Crippen molar-refractivity contribution in [1.82, 2.24) is 5.16 Å². The number of fused-ring (bicyclic) bond motifs is 2. The topological polar surface area (TPSA) is 58.4 Å². The lowest BCUT2D eigenvalue weighted by molar-refractivity contribution is 0.104. The predicted molar refractivity (Wildman–Crippen MR) is 124 cm³/mol. The Morgan fingerprint density at radius 2 is 1.87 bits per heavy atom. The highest BCUT2D eigenvalue weighted by molar-refractivity contribution is 6.28. The quantitative estimate of drug-likeness (QED) is 0.443. The van der Waals surface area contributed by atoms with E-state index in [4.69, 9.17) is 4.52 Å². The van der Waals surface area contributed by atoms with E-state index >= 15 is 0 Å². The molecular formula is C26H29N3O2. The van der Waals surface area contributed by atoms with Gasteiger partial charge in [-0.3, -0.25) is 4.79 Å². The third-order valence-electron chi connectivity index (χ3n) is 7.34. The first-order valence-electron chi connectivity index (χ1n) is 11.8. The van der Waals surface area contributed by atoms with Gasteiger partial charge >= 0.3 is 0 Å². The zero-order valence-corrected chi connectivity index (χ0v) is 18.1. The Balaban J connectivity index is 1.56. The molecule has 0 bridgehead atoms. The monoisotopic (exact) mass is 415 g/mol. The van der Waals surface area contributed by atoms with Crippen LogP contribution in [0.1, 0.15) is 67.8 Å². The molecule has 2 heterocycles. The number of piperidine rings is 1. The van der Waals surface area contributed by atoms with Crippen LogP contribution in [0.2, 0.25) is 0 Å². The van der Waals surface area contributed by atoms with Gasteiger partial charge in [-0.15, -0.1) is 0 Å². The van der Waals surface area contributed by atoms with Gasteiger partial charge in [0.15, 0.2) is 11.5 Å². The van der Waals surface area contributed by atoms with Crippen LogP contribution in [-0.2, 0) is 0 Å². The van der Waals surface area contributed by atoms with Gasteiger partial charge in [-0.1, -0.05) is 55.6 Å². The standard InChI is InChI=1S/C26H29N3O2/c1-16-8-7-13-29(15-16)21-14-20(27-17-9-3-2-4-10-17)22-23-24(21)28-31-26(23)19-12-6-5-11-18(19)25(22)30/h5-6,11-12,14,16-17,27H,2-4,7-10,13,15H2,1H3. The number of ketones is 1. The number of benzene rings is 2. The van der Waals surface area contributed by atoms with Crippen molar-refractivity contribution in [2.75, 3.05) is 23.3 Å². The molecule has 0 amide bonds. The minimum atomic E-state index is 0.0770. The minimum Gasteiger partial charge on any atom is -0.382 e. The summed E-state index contributed by atoms with van der Waals surface area (Å²) in [4.78, 5) is 16.1. The molecule has 1 N–H and O–H groups in total. The van der Waals surface area contributed by atoms with Gasteiger partial charge in [-0.2, -0.15) is 0 Å². The van der Waals surface area contributed by atoms with E-state index < -0.39 is 0 Å². The van der Waals surface area contributed by atoms with Gasteiger partial charge in [0.25, 0.3) is 0 Å². The van der Waals surface area contributed by atoms with Gasteiger partial charge in [0.2, 0.25) is 0 Å². The summed E-state index contributed by atoms with van der Waals surface area (Å²) in [6, 6.07) is 10.4. The molecule has 2 aliphatic carbocycles. The Morgan fingerprint density at radius 1 is 1.06 bits per heavy atom. The number of anilines is 2. The Labute approximate surface area is 182 Å². The fourth-order valence-corrected chi connectivity index (χ4v) is 5.77. The first-order valence-corrected chi connectivity index (χ1v) is 11.8. The Hall–Kier alpha value is -2.82. The molecule has 2 fully saturated rings. The van der Waals surface area contributed by atoms with Gasteiger partial charge < -0.3 is 14.7 Å². The molecule has 5 heteroatoms. The first-order chi connectivity index (χ1) is 15.2. The van der Waals surface area contributed by atoms with E-state index in [2.05, 4.69) is 28.4 Å². The van der Waals surface area contributed by atoms with Crippen molar-refractivity contribution in [3.63, 3.8) is 0 Å². The van der Waals surface area contributed by atoms with E-state index in [1.54, 1.807) is 0 Å². The van der Waals surface area contributed by atoms with E-state index in [-0.39, 0.29) is 5.78 Å². The van der Waals surface area contributed by atoms with Gasteiger partial charge in [-0.25, -0.2) is 0 Å². The smallest absolute Gasteiger partial charge is 0.196 e. The molecule has 0 radical (unpaired) electrons. The summed E-state index contributed by atoms with van der Waals surface area (Å²) in [6.45, 7) is 4.36. The molecule has 1 unspecified atom stereocenters. The van der Waals surface area contributed by atoms with Crippen LogP contribution in [0.5, 0.6) is 0 Å². The second kappa shape index (κ2) is 7.40. The average molecular weight is 416 g/mol. The van der Waals surface area contributed by atoms with Crippen molar-refractivity contribution < 1.29 is 9.32 Å². The number of hydrogen-bond donors (Lipinski definition) is 1. The maximum atomic E-state index is 13.7. The van der Waals surface area contributed by atoms with E-state index in [0.717, 1.165) is 65.1 Å². The zero-order valence-electron chi connectivity index (χ0n) is 18.1. The summed E-state index contributed by atoms with van der Waals surface area (Å²) in [6.07, 6.45) is 8.58. The molecule has 31 heavy (non-hydrogen) atoms. The molecule has 6 rings (SSSR count). The van der Waals surface area contributed by atoms with Crippen molar-refractivity contribution >= 4 is 28.1 Å². The third kappa shape index (κ3) is 3.05. The molecule has 2 aromatic carbocycles. The number of carbonyl (C=O) groups is 1. The van der Waals surface area contributed by atoms with Gasteiger partial charge in [0, 0.05) is 35.9 Å². The lowest BCUT2D eigenvalue weighted by Gasteiger charge is -2.34. The highest BCUT2D eigenvalue weighted by Crippen LogP contribution is 2.46. The summed E-state index contributed by atoms with van der Waals surface area (Å²) in [5.74, 6) is 1.46. The van der Waals surface area contributed by atoms with Crippen LogP contribution in [0.25, 0.3) is 22.2 Å². The molecule has 1 aliphatic heterocycles. The van der Waals surface area contributed by atoms with Crippen molar-refractivity contribution in [2.24, 2.45) is 5.92 Å². The normalized spacial score (nSPS) is 21.4. The second-order valence-electron chi connectivity index (χ2n) is 9.60. The third-order valence-corrected chi connectivity index (χ3v) is 7.34. The number of aromatic nitrogens is 1. The van der Waals surface area contributed by atoms with Crippen LogP contribution in [0, 0.1) is 5.92 Å². The summed E-state index contributed by atoms with van der Waals surface area (Å²) in [5.41, 5.74) is 5.19. The molecule has 1 aromatic heterocycles. The van der Waals surface area contributed by atoms with Crippen LogP contribution in [0.4, 0.5) is 11.4 Å². The van der Waals surface area contributed by atoms with Crippen molar-refractivity contribution in [3.05, 3.63) is 41.5 Å². The van der Waals surface area contributed by atoms with Gasteiger partial charge in [0.05, 0.1) is 16.6 Å². The highest BCUT2D eigenvalue weighted by atomic mass is 16.5. The van der Waals surface area contributed by atoms with Crippen LogP contribution in [0.15, 0.2) is 34.9 Å². The molecule has 1 saturated carbocycles. The number of rotatable bonds is 3. The number of hydrogen-bond acceptors (Lipinski definition) is 5. The van der Waals surface area contributed by atoms with Crippen molar-refractivity contribution in [2.45, 2.75) is 57.9 Å². The van der Waals surface area contributed by atoms with Crippen LogP contribution in [0.3, 0.4) is 0 Å². The van der Waals surface area contributed by atoms with Crippen LogP contribution < -0.4 is 10.2 Å². The van der Waals surface area contributed by atoms with Crippen molar-refractivity contribution in [1.29, 1.82) is 0 Å². The number of nitrogens with one attached hydrogen (secondary N) is 1. The maximum absolute atomic E-state index is 13.7. The molecule has 160 valence electrons. The maximum Gasteiger partial charge on any atom is 0.196 e. The molecule has 0 spiro atoms. The number of carbonyl (C=O) groups excluding carboxylic acids is 1. The molecule has 1 atom stereocenters. The molecule has 3 aliphatic rings. The number of nitrogens with zero attached hydrogens (tertiary/aromatic N) is 2. The van der Waals surface area contributed by atoms with Crippen LogP contribution >= 0.6 is 0 Å². The van der Waals surface area contributed by atoms with E-state index in [9.17, 15) is 4.79 Å².